The number of nitrogens with zero attached hydrogens (tertiary/aromatic N) is 2. The molecular weight excluding hydrogens is 434 g/mol. The Kier molecular flexibility index (Phi) is 9.55. The quantitative estimate of drug-likeness (QED) is 0.258. The molecule has 0 bridgehead atoms. The van der Waals surface area contributed by atoms with E-state index in [0.29, 0.717) is 12.5 Å². The molecule has 2 atom stereocenters. The van der Waals surface area contributed by atoms with Crippen molar-refractivity contribution in [3.8, 4) is 0 Å². The molecule has 2 aromatic carbocycles. The van der Waals surface area contributed by atoms with E-state index in [1.807, 2.05) is 24.3 Å². The Labute approximate surface area is 210 Å². The van der Waals surface area contributed by atoms with Gasteiger partial charge in [0, 0.05) is 36.4 Å². The van der Waals surface area contributed by atoms with Crippen molar-refractivity contribution in [3.63, 3.8) is 0 Å². The van der Waals surface area contributed by atoms with E-state index < -0.39 is 0 Å². The molecule has 1 heterocycles. The highest BCUT2D eigenvalue weighted by atomic mass is 16.3. The highest BCUT2D eigenvalue weighted by Crippen LogP contribution is 2.30. The minimum Gasteiger partial charge on any atom is -0.456 e. The summed E-state index contributed by atoms with van der Waals surface area (Å²) >= 11 is 0. The van der Waals surface area contributed by atoms with Gasteiger partial charge in [0.1, 0.15) is 17.0 Å². The van der Waals surface area contributed by atoms with Gasteiger partial charge in [0.2, 0.25) is 5.91 Å². The van der Waals surface area contributed by atoms with Crippen molar-refractivity contribution in [1.29, 1.82) is 0 Å². The maximum atomic E-state index is 13.3. The Hall–Kier alpha value is -3.05. The van der Waals surface area contributed by atoms with Gasteiger partial charge in [-0.3, -0.25) is 9.69 Å². The largest absolute Gasteiger partial charge is 0.456 e. The molecule has 1 aromatic heterocycles. The van der Waals surface area contributed by atoms with Crippen LogP contribution in [0.15, 0.2) is 71.9 Å². The number of carbonyl (C=O) groups excluding carboxylic acids is 1. The lowest BCUT2D eigenvalue weighted by Gasteiger charge is -2.34. The first-order chi connectivity index (χ1) is 16.9. The number of amides is 1. The summed E-state index contributed by atoms with van der Waals surface area (Å²) < 4.78 is 5.95. The van der Waals surface area contributed by atoms with Crippen LogP contribution < -0.4 is 5.32 Å². The van der Waals surface area contributed by atoms with Crippen molar-refractivity contribution in [1.82, 2.24) is 15.1 Å². The molecule has 0 aliphatic rings. The summed E-state index contributed by atoms with van der Waals surface area (Å²) in [7, 11) is 0. The van der Waals surface area contributed by atoms with Crippen LogP contribution in [-0.4, -0.2) is 41.9 Å². The molecule has 5 nitrogen and oxygen atoms in total. The van der Waals surface area contributed by atoms with Crippen molar-refractivity contribution in [2.75, 3.05) is 26.2 Å². The highest BCUT2D eigenvalue weighted by molar-refractivity contribution is 6.05. The summed E-state index contributed by atoms with van der Waals surface area (Å²) in [6.07, 6.45) is 5.02. The third-order valence-corrected chi connectivity index (χ3v) is 6.83. The van der Waals surface area contributed by atoms with Crippen LogP contribution in [0.5, 0.6) is 0 Å². The topological polar surface area (TPSA) is 48.7 Å². The van der Waals surface area contributed by atoms with Crippen LogP contribution in [0.3, 0.4) is 0 Å². The van der Waals surface area contributed by atoms with Crippen molar-refractivity contribution >= 4 is 27.8 Å². The monoisotopic (exact) mass is 475 g/mol. The number of rotatable bonds is 14. The van der Waals surface area contributed by atoms with Crippen LogP contribution in [0.1, 0.15) is 58.6 Å². The van der Waals surface area contributed by atoms with E-state index in [9.17, 15) is 4.79 Å². The predicted molar refractivity (Wildman–Crippen MR) is 147 cm³/mol. The van der Waals surface area contributed by atoms with Gasteiger partial charge < -0.3 is 14.6 Å². The van der Waals surface area contributed by atoms with Crippen LogP contribution in [0.25, 0.3) is 21.9 Å². The standard InChI is InChI=1S/C30H41N3O2/c1-7-17-32(19-16-22(4)9-3)24(6)33(18-8-2)30(34)21-31-23(5)25-14-15-29-27(20-25)26-12-10-11-13-28(26)35-29/h8,10-15,20,22-23,31H,2,6-7,9,16-19,21H2,1,3-5H3. The summed E-state index contributed by atoms with van der Waals surface area (Å²) in [6.45, 7) is 19.4. The first kappa shape index (κ1) is 26.6. The third-order valence-electron chi connectivity index (χ3n) is 6.83. The molecule has 35 heavy (non-hydrogen) atoms. The number of benzene rings is 2. The van der Waals surface area contributed by atoms with Gasteiger partial charge >= 0.3 is 0 Å². The number of para-hydroxylation sites is 1. The second-order valence-corrected chi connectivity index (χ2v) is 9.45. The lowest BCUT2D eigenvalue weighted by Crippen LogP contribution is -2.43. The fourth-order valence-corrected chi connectivity index (χ4v) is 4.34. The molecule has 0 saturated carbocycles. The maximum Gasteiger partial charge on any atom is 0.242 e. The normalized spacial score (nSPS) is 13.0. The number of nitrogens with one attached hydrogen (secondary N) is 1. The Morgan fingerprint density at radius 3 is 2.54 bits per heavy atom. The Morgan fingerprint density at radius 2 is 1.83 bits per heavy atom. The summed E-state index contributed by atoms with van der Waals surface area (Å²) in [5.41, 5.74) is 2.88. The molecule has 0 aliphatic heterocycles. The molecule has 188 valence electrons. The van der Waals surface area contributed by atoms with E-state index in [-0.39, 0.29) is 18.5 Å². The van der Waals surface area contributed by atoms with Gasteiger partial charge in [-0.1, -0.05) is 64.1 Å². The second-order valence-electron chi connectivity index (χ2n) is 9.45. The summed E-state index contributed by atoms with van der Waals surface area (Å²) in [5, 5.41) is 5.61. The zero-order valence-corrected chi connectivity index (χ0v) is 21.8. The van der Waals surface area contributed by atoms with Crippen molar-refractivity contribution in [2.24, 2.45) is 5.92 Å². The SMILES string of the molecule is C=CCN(C(=C)N(CCC)CCC(C)CC)C(=O)CNC(C)c1ccc2oc3ccccc3c2c1. The molecule has 0 spiro atoms. The van der Waals surface area contributed by atoms with Crippen molar-refractivity contribution in [3.05, 3.63) is 73.1 Å². The number of hydrogen-bond donors (Lipinski definition) is 1. The summed E-state index contributed by atoms with van der Waals surface area (Å²) in [6, 6.07) is 14.3. The highest BCUT2D eigenvalue weighted by Gasteiger charge is 2.21. The van der Waals surface area contributed by atoms with E-state index in [2.05, 4.69) is 69.3 Å². The zero-order chi connectivity index (χ0) is 25.4. The molecule has 5 heteroatoms. The van der Waals surface area contributed by atoms with Gasteiger partial charge in [0.05, 0.1) is 6.54 Å². The van der Waals surface area contributed by atoms with Crippen molar-refractivity contribution < 1.29 is 9.21 Å². The fourth-order valence-electron chi connectivity index (χ4n) is 4.34. The molecule has 1 N–H and O–H groups in total. The lowest BCUT2D eigenvalue weighted by atomic mass is 10.0. The van der Waals surface area contributed by atoms with Crippen LogP contribution >= 0.6 is 0 Å². The molecule has 1 amide bonds. The van der Waals surface area contributed by atoms with Gasteiger partial charge in [-0.2, -0.15) is 0 Å². The summed E-state index contributed by atoms with van der Waals surface area (Å²) in [5.74, 6) is 1.42. The van der Waals surface area contributed by atoms with E-state index >= 15 is 0 Å². The van der Waals surface area contributed by atoms with Gasteiger partial charge in [0.15, 0.2) is 0 Å². The number of fused-ring (bicyclic) bond motifs is 3. The molecule has 0 radical (unpaired) electrons. The number of carbonyl (C=O) groups is 1. The van der Waals surface area contributed by atoms with Gasteiger partial charge in [-0.15, -0.1) is 6.58 Å². The fraction of sp³-hybridized carbons (Fsp3) is 0.433. The van der Waals surface area contributed by atoms with E-state index in [1.54, 1.807) is 11.0 Å². The molecule has 2 unspecified atom stereocenters. The average Bonchev–Trinajstić information content (AvgIpc) is 3.25. The lowest BCUT2D eigenvalue weighted by molar-refractivity contribution is -0.129. The van der Waals surface area contributed by atoms with Gasteiger partial charge in [-0.25, -0.2) is 0 Å². The van der Waals surface area contributed by atoms with E-state index in [1.165, 1.54) is 0 Å². The molecule has 3 rings (SSSR count). The smallest absolute Gasteiger partial charge is 0.242 e. The molecule has 0 aliphatic carbocycles. The molecule has 3 aromatic rings. The third kappa shape index (κ3) is 6.55. The van der Waals surface area contributed by atoms with Crippen LogP contribution in [0.2, 0.25) is 0 Å². The van der Waals surface area contributed by atoms with E-state index in [4.69, 9.17) is 4.42 Å². The minimum atomic E-state index is 0.00114. The number of hydrogen-bond acceptors (Lipinski definition) is 4. The maximum absolute atomic E-state index is 13.3. The van der Waals surface area contributed by atoms with Crippen molar-refractivity contribution in [2.45, 2.75) is 53.0 Å². The molecule has 0 fully saturated rings. The van der Waals surface area contributed by atoms with Crippen LogP contribution in [-0.2, 0) is 4.79 Å². The van der Waals surface area contributed by atoms with Crippen LogP contribution in [0.4, 0.5) is 0 Å². The molecule has 0 saturated heterocycles. The second kappa shape index (κ2) is 12.6. The Balaban J connectivity index is 1.68. The summed E-state index contributed by atoms with van der Waals surface area (Å²) in [4.78, 5) is 17.3. The van der Waals surface area contributed by atoms with Gasteiger partial charge in [0.25, 0.3) is 0 Å². The molecular formula is C30H41N3O2. The first-order valence-corrected chi connectivity index (χ1v) is 12.9. The Bertz CT molecular complexity index is 1150. The number of furan rings is 1. The Morgan fingerprint density at radius 1 is 1.09 bits per heavy atom. The average molecular weight is 476 g/mol. The van der Waals surface area contributed by atoms with Gasteiger partial charge in [-0.05, 0) is 49.4 Å². The zero-order valence-electron chi connectivity index (χ0n) is 21.8. The van der Waals surface area contributed by atoms with E-state index in [0.717, 1.165) is 65.7 Å². The minimum absolute atomic E-state index is 0.00114. The van der Waals surface area contributed by atoms with Crippen LogP contribution in [0, 0.1) is 5.92 Å². The predicted octanol–water partition coefficient (Wildman–Crippen LogP) is 6.87. The first-order valence-electron chi connectivity index (χ1n) is 12.9.